The van der Waals surface area contributed by atoms with Gasteiger partial charge >= 0.3 is 5.69 Å². The van der Waals surface area contributed by atoms with Gasteiger partial charge in [0.1, 0.15) is 5.82 Å². The fourth-order valence-electron chi connectivity index (χ4n) is 5.52. The van der Waals surface area contributed by atoms with Crippen molar-refractivity contribution >= 4 is 33.7 Å². The first kappa shape index (κ1) is 23.6. The highest BCUT2D eigenvalue weighted by atomic mass is 16.5. The van der Waals surface area contributed by atoms with Gasteiger partial charge in [-0.25, -0.2) is 9.78 Å². The number of ether oxygens (including phenoxy) is 3. The normalized spacial score (nSPS) is 17.1. The lowest BCUT2D eigenvalue weighted by molar-refractivity contribution is 0.122. The Bertz CT molecular complexity index is 1500. The molecule has 0 radical (unpaired) electrons. The Morgan fingerprint density at radius 2 is 1.68 bits per heavy atom. The average molecular weight is 505 g/mol. The van der Waals surface area contributed by atoms with Crippen LogP contribution in [0.25, 0.3) is 21.9 Å². The van der Waals surface area contributed by atoms with Gasteiger partial charge in [-0.15, -0.1) is 0 Å². The largest absolute Gasteiger partial charge is 0.493 e. The molecule has 2 aliphatic heterocycles. The van der Waals surface area contributed by atoms with Crippen molar-refractivity contribution in [2.24, 2.45) is 0 Å². The van der Waals surface area contributed by atoms with Crippen LogP contribution < -0.4 is 25.0 Å². The first-order valence-electron chi connectivity index (χ1n) is 12.8. The number of aryl methyl sites for hydroxylation is 1. The van der Waals surface area contributed by atoms with Crippen LogP contribution >= 0.6 is 0 Å². The third kappa shape index (κ3) is 4.25. The summed E-state index contributed by atoms with van der Waals surface area (Å²) in [5, 5.41) is 0.924. The molecule has 194 valence electrons. The van der Waals surface area contributed by atoms with E-state index in [9.17, 15) is 4.79 Å². The van der Waals surface area contributed by atoms with Gasteiger partial charge in [-0.3, -0.25) is 4.57 Å². The summed E-state index contributed by atoms with van der Waals surface area (Å²) in [4.78, 5) is 30.3. The van der Waals surface area contributed by atoms with Crippen LogP contribution in [0.1, 0.15) is 24.4 Å². The minimum atomic E-state index is -0.0435. The number of anilines is 2. The predicted molar refractivity (Wildman–Crippen MR) is 143 cm³/mol. The zero-order valence-electron chi connectivity index (χ0n) is 21.5. The fourth-order valence-corrected chi connectivity index (χ4v) is 5.52. The van der Waals surface area contributed by atoms with E-state index in [4.69, 9.17) is 24.2 Å². The number of aromatic nitrogens is 4. The molecule has 2 aromatic heterocycles. The molecule has 2 fully saturated rings. The maximum absolute atomic E-state index is 12.9. The Kier molecular flexibility index (Phi) is 6.11. The van der Waals surface area contributed by atoms with E-state index < -0.39 is 0 Å². The second-order valence-electron chi connectivity index (χ2n) is 9.71. The summed E-state index contributed by atoms with van der Waals surface area (Å²) in [5.74, 6) is 2.87. The van der Waals surface area contributed by atoms with Gasteiger partial charge in [-0.05, 0) is 43.5 Å². The number of piperidine rings is 1. The highest BCUT2D eigenvalue weighted by Gasteiger charge is 2.27. The highest BCUT2D eigenvalue weighted by Crippen LogP contribution is 2.38. The number of morpholine rings is 1. The molecule has 10 nitrogen and oxygen atoms in total. The van der Waals surface area contributed by atoms with Crippen LogP contribution in [0.15, 0.2) is 35.1 Å². The smallest absolute Gasteiger partial charge is 0.326 e. The third-order valence-corrected chi connectivity index (χ3v) is 7.46. The highest BCUT2D eigenvalue weighted by molar-refractivity contribution is 5.93. The Balaban J connectivity index is 1.35. The summed E-state index contributed by atoms with van der Waals surface area (Å²) in [6.07, 6.45) is 1.68. The second-order valence-corrected chi connectivity index (χ2v) is 9.71. The quantitative estimate of drug-likeness (QED) is 0.442. The van der Waals surface area contributed by atoms with Gasteiger partial charge in [0.25, 0.3) is 0 Å². The van der Waals surface area contributed by atoms with Gasteiger partial charge in [-0.2, -0.15) is 4.98 Å². The number of hydrogen-bond acceptors (Lipinski definition) is 8. The van der Waals surface area contributed by atoms with Crippen LogP contribution in [0.2, 0.25) is 0 Å². The Hall–Kier alpha value is -3.79. The minimum Gasteiger partial charge on any atom is -0.493 e. The van der Waals surface area contributed by atoms with E-state index in [0.29, 0.717) is 30.7 Å². The SMILES string of the molecule is COc1cc2nc(N3CCOCC3)nc(N3CCC(n4c(=O)[nH]c5cc(C)ccc54)CC3)c2cc1OC. The molecular formula is C27H32N6O4. The summed E-state index contributed by atoms with van der Waals surface area (Å²) in [7, 11) is 3.27. The molecule has 4 heterocycles. The van der Waals surface area contributed by atoms with Crippen molar-refractivity contribution in [3.8, 4) is 11.5 Å². The molecule has 6 rings (SSSR count). The molecule has 0 bridgehead atoms. The van der Waals surface area contributed by atoms with Gasteiger partial charge in [0.15, 0.2) is 11.5 Å². The van der Waals surface area contributed by atoms with Gasteiger partial charge in [0.05, 0.1) is 44.0 Å². The first-order valence-corrected chi connectivity index (χ1v) is 12.8. The summed E-state index contributed by atoms with van der Waals surface area (Å²) in [5.41, 5.74) is 3.76. The van der Waals surface area contributed by atoms with Crippen LogP contribution in [0.3, 0.4) is 0 Å². The third-order valence-electron chi connectivity index (χ3n) is 7.46. The molecular weight excluding hydrogens is 472 g/mol. The lowest BCUT2D eigenvalue weighted by atomic mass is 10.0. The minimum absolute atomic E-state index is 0.0435. The number of methoxy groups -OCH3 is 2. The molecule has 0 unspecified atom stereocenters. The summed E-state index contributed by atoms with van der Waals surface area (Å²) in [6.45, 7) is 6.42. The number of hydrogen-bond donors (Lipinski definition) is 1. The van der Waals surface area contributed by atoms with Crippen LogP contribution in [0, 0.1) is 6.92 Å². The molecule has 0 amide bonds. The zero-order valence-corrected chi connectivity index (χ0v) is 21.5. The first-order chi connectivity index (χ1) is 18.1. The van der Waals surface area contributed by atoms with E-state index in [-0.39, 0.29) is 11.7 Å². The Morgan fingerprint density at radius 3 is 2.41 bits per heavy atom. The Labute approximate surface area is 214 Å². The summed E-state index contributed by atoms with van der Waals surface area (Å²) >= 11 is 0. The standard InChI is InChI=1S/C27H32N6O4/c1-17-4-5-22-21(14-17)29-27(34)33(22)18-6-8-31(9-7-18)25-19-15-23(35-2)24(36-3)16-20(19)28-26(30-25)32-10-12-37-13-11-32/h4-5,14-16,18H,6-13H2,1-3H3,(H,29,34). The van der Waals surface area contributed by atoms with E-state index in [1.807, 2.05) is 35.8 Å². The molecule has 2 saturated heterocycles. The maximum atomic E-state index is 12.9. The number of fused-ring (bicyclic) bond motifs is 2. The number of nitrogens with zero attached hydrogens (tertiary/aromatic N) is 5. The molecule has 4 aromatic rings. The Morgan fingerprint density at radius 1 is 0.946 bits per heavy atom. The van der Waals surface area contributed by atoms with Crippen molar-refractivity contribution in [2.75, 3.05) is 63.4 Å². The van der Waals surface area contributed by atoms with E-state index >= 15 is 0 Å². The fraction of sp³-hybridized carbons (Fsp3) is 0.444. The van der Waals surface area contributed by atoms with Crippen molar-refractivity contribution in [1.29, 1.82) is 0 Å². The van der Waals surface area contributed by atoms with E-state index in [1.54, 1.807) is 14.2 Å². The van der Waals surface area contributed by atoms with Gasteiger partial charge < -0.3 is 29.0 Å². The average Bonchev–Trinajstić information content (AvgIpc) is 3.26. The molecule has 0 saturated carbocycles. The van der Waals surface area contributed by atoms with Crippen LogP contribution in [0.4, 0.5) is 11.8 Å². The molecule has 0 atom stereocenters. The monoisotopic (exact) mass is 504 g/mol. The number of imidazole rings is 1. The second kappa shape index (κ2) is 9.59. The van der Waals surface area contributed by atoms with Crippen LogP contribution in [0.5, 0.6) is 11.5 Å². The van der Waals surface area contributed by atoms with Crippen LogP contribution in [-0.2, 0) is 4.74 Å². The van der Waals surface area contributed by atoms with E-state index in [0.717, 1.165) is 72.3 Å². The number of rotatable bonds is 5. The lowest BCUT2D eigenvalue weighted by Gasteiger charge is -2.35. The van der Waals surface area contributed by atoms with Crippen LogP contribution in [-0.4, -0.2) is 73.1 Å². The maximum Gasteiger partial charge on any atom is 0.326 e. The topological polar surface area (TPSA) is 97.7 Å². The molecule has 1 N–H and O–H groups in total. The number of nitrogens with one attached hydrogen (secondary N) is 1. The van der Waals surface area contributed by atoms with Crippen molar-refractivity contribution in [2.45, 2.75) is 25.8 Å². The van der Waals surface area contributed by atoms with Crippen molar-refractivity contribution in [3.05, 3.63) is 46.4 Å². The summed E-state index contributed by atoms with van der Waals surface area (Å²) in [6, 6.07) is 10.1. The van der Waals surface area contributed by atoms with Gasteiger partial charge in [0.2, 0.25) is 5.95 Å². The molecule has 37 heavy (non-hydrogen) atoms. The lowest BCUT2D eigenvalue weighted by Crippen LogP contribution is -2.39. The predicted octanol–water partition coefficient (Wildman–Crippen LogP) is 3.28. The molecule has 0 spiro atoms. The number of benzene rings is 2. The van der Waals surface area contributed by atoms with Crippen molar-refractivity contribution < 1.29 is 14.2 Å². The number of H-pyrrole nitrogens is 1. The van der Waals surface area contributed by atoms with E-state index in [2.05, 4.69) is 20.9 Å². The van der Waals surface area contributed by atoms with Crippen molar-refractivity contribution in [1.82, 2.24) is 19.5 Å². The zero-order chi connectivity index (χ0) is 25.5. The number of aromatic amines is 1. The van der Waals surface area contributed by atoms with Gasteiger partial charge in [0, 0.05) is 43.7 Å². The molecule has 2 aromatic carbocycles. The van der Waals surface area contributed by atoms with E-state index in [1.165, 1.54) is 0 Å². The summed E-state index contributed by atoms with van der Waals surface area (Å²) < 4.78 is 18.6. The molecule has 2 aliphatic rings. The molecule has 0 aliphatic carbocycles. The van der Waals surface area contributed by atoms with Crippen molar-refractivity contribution in [3.63, 3.8) is 0 Å². The van der Waals surface area contributed by atoms with Gasteiger partial charge in [-0.1, -0.05) is 6.07 Å². The molecule has 10 heteroatoms.